The first-order valence-electron chi connectivity index (χ1n) is 2.63. The van der Waals surface area contributed by atoms with Crippen LogP contribution in [0.4, 0.5) is 0 Å². The largest absolute Gasteiger partial charge is 0.380 e. The molecule has 1 saturated carbocycles. The van der Waals surface area contributed by atoms with E-state index in [0.717, 1.165) is 12.8 Å². The van der Waals surface area contributed by atoms with E-state index in [1.54, 1.807) is 7.11 Å². The number of hydrogen-bond donors (Lipinski definition) is 1. The zero-order valence-electron chi connectivity index (χ0n) is 4.96. The summed E-state index contributed by atoms with van der Waals surface area (Å²) < 4.78 is 4.97. The highest BCUT2D eigenvalue weighted by atomic mass is 35.5. The molecule has 1 rings (SSSR count). The van der Waals surface area contributed by atoms with Gasteiger partial charge in [0.1, 0.15) is 0 Å². The smallest absolute Gasteiger partial charge is 0.0722 e. The lowest BCUT2D eigenvalue weighted by atomic mass is 9.90. The Kier molecular flexibility index (Phi) is 3.36. The van der Waals surface area contributed by atoms with Crippen LogP contribution < -0.4 is 5.73 Å². The van der Waals surface area contributed by atoms with Crippen molar-refractivity contribution in [1.82, 2.24) is 0 Å². The van der Waals surface area contributed by atoms with E-state index in [9.17, 15) is 0 Å². The second-order valence-corrected chi connectivity index (χ2v) is 2.02. The van der Waals surface area contributed by atoms with Crippen LogP contribution in [0.3, 0.4) is 0 Å². The SMILES string of the molecule is CO[C@H]1CCC1N.Cl. The maximum atomic E-state index is 5.51. The van der Waals surface area contributed by atoms with Crippen molar-refractivity contribution in [3.63, 3.8) is 0 Å². The number of nitrogens with two attached hydrogens (primary N) is 1. The highest BCUT2D eigenvalue weighted by molar-refractivity contribution is 5.85. The summed E-state index contributed by atoms with van der Waals surface area (Å²) in [5.74, 6) is 0. The Balaban J connectivity index is 0.000000490. The zero-order chi connectivity index (χ0) is 5.28. The van der Waals surface area contributed by atoms with Crippen LogP contribution in [0.2, 0.25) is 0 Å². The minimum absolute atomic E-state index is 0. The van der Waals surface area contributed by atoms with Crippen LogP contribution in [0.1, 0.15) is 12.8 Å². The van der Waals surface area contributed by atoms with Crippen molar-refractivity contribution in [2.45, 2.75) is 25.0 Å². The van der Waals surface area contributed by atoms with Crippen LogP contribution in [-0.2, 0) is 4.74 Å². The van der Waals surface area contributed by atoms with Gasteiger partial charge in [-0.1, -0.05) is 0 Å². The molecule has 3 heteroatoms. The van der Waals surface area contributed by atoms with Gasteiger partial charge in [-0.25, -0.2) is 0 Å². The van der Waals surface area contributed by atoms with E-state index in [1.807, 2.05) is 0 Å². The molecule has 1 unspecified atom stereocenters. The summed E-state index contributed by atoms with van der Waals surface area (Å²) in [5.41, 5.74) is 5.51. The highest BCUT2D eigenvalue weighted by Gasteiger charge is 2.26. The molecule has 1 aliphatic rings. The summed E-state index contributed by atoms with van der Waals surface area (Å²) in [6, 6.07) is 0.324. The molecule has 0 aromatic rings. The fourth-order valence-electron chi connectivity index (χ4n) is 0.788. The Morgan fingerprint density at radius 2 is 2.12 bits per heavy atom. The molecule has 1 fully saturated rings. The molecule has 0 saturated heterocycles. The molecule has 0 amide bonds. The van der Waals surface area contributed by atoms with Crippen molar-refractivity contribution in [3.8, 4) is 0 Å². The average molecular weight is 138 g/mol. The Morgan fingerprint density at radius 3 is 2.12 bits per heavy atom. The van der Waals surface area contributed by atoms with Crippen LogP contribution in [0, 0.1) is 0 Å². The first kappa shape index (κ1) is 8.21. The number of methoxy groups -OCH3 is 1. The maximum absolute atomic E-state index is 5.51. The average Bonchev–Trinajstić information content (AvgIpc) is 1.65. The van der Waals surface area contributed by atoms with Crippen LogP contribution in [-0.4, -0.2) is 19.3 Å². The summed E-state index contributed by atoms with van der Waals surface area (Å²) in [4.78, 5) is 0. The maximum Gasteiger partial charge on any atom is 0.0722 e. The van der Waals surface area contributed by atoms with E-state index >= 15 is 0 Å². The molecule has 1 aliphatic carbocycles. The summed E-state index contributed by atoms with van der Waals surface area (Å²) in [6.45, 7) is 0. The predicted octanol–water partition coefficient (Wildman–Crippen LogP) is 0.544. The van der Waals surface area contributed by atoms with E-state index in [0.29, 0.717) is 12.1 Å². The lowest BCUT2D eigenvalue weighted by Gasteiger charge is -2.31. The Morgan fingerprint density at radius 1 is 1.50 bits per heavy atom. The van der Waals surface area contributed by atoms with Gasteiger partial charge < -0.3 is 10.5 Å². The number of hydrogen-bond acceptors (Lipinski definition) is 2. The molecule has 2 nitrogen and oxygen atoms in total. The molecule has 0 aliphatic heterocycles. The Hall–Kier alpha value is 0.210. The predicted molar refractivity (Wildman–Crippen MR) is 35.3 cm³/mol. The standard InChI is InChI=1S/C5H11NO.ClH/c1-7-5-3-2-4(5)6;/h4-5H,2-3,6H2,1H3;1H/t4?,5-;/m0./s1. The first-order chi connectivity index (χ1) is 3.34. The second-order valence-electron chi connectivity index (χ2n) is 2.02. The molecule has 0 aromatic heterocycles. The van der Waals surface area contributed by atoms with E-state index in [-0.39, 0.29) is 12.4 Å². The molecule has 50 valence electrons. The molecule has 2 atom stereocenters. The molecular weight excluding hydrogens is 126 g/mol. The van der Waals surface area contributed by atoms with Crippen molar-refractivity contribution in [3.05, 3.63) is 0 Å². The van der Waals surface area contributed by atoms with Gasteiger partial charge in [0.15, 0.2) is 0 Å². The molecule has 0 bridgehead atoms. The van der Waals surface area contributed by atoms with Crippen molar-refractivity contribution >= 4 is 12.4 Å². The third-order valence-corrected chi connectivity index (χ3v) is 1.56. The summed E-state index contributed by atoms with van der Waals surface area (Å²) in [7, 11) is 1.71. The van der Waals surface area contributed by atoms with Gasteiger partial charge in [-0.15, -0.1) is 12.4 Å². The van der Waals surface area contributed by atoms with Crippen LogP contribution in [0.25, 0.3) is 0 Å². The van der Waals surface area contributed by atoms with Crippen LogP contribution in [0.5, 0.6) is 0 Å². The van der Waals surface area contributed by atoms with Crippen molar-refractivity contribution in [2.75, 3.05) is 7.11 Å². The first-order valence-corrected chi connectivity index (χ1v) is 2.63. The minimum atomic E-state index is 0. The molecule has 8 heavy (non-hydrogen) atoms. The van der Waals surface area contributed by atoms with Crippen molar-refractivity contribution < 1.29 is 4.74 Å². The molecule has 2 N–H and O–H groups in total. The monoisotopic (exact) mass is 137 g/mol. The fraction of sp³-hybridized carbons (Fsp3) is 1.00. The third kappa shape index (κ3) is 1.34. The van der Waals surface area contributed by atoms with E-state index in [4.69, 9.17) is 10.5 Å². The van der Waals surface area contributed by atoms with E-state index < -0.39 is 0 Å². The molecular formula is C5H12ClNO. The zero-order valence-corrected chi connectivity index (χ0v) is 5.78. The highest BCUT2D eigenvalue weighted by Crippen LogP contribution is 2.19. The van der Waals surface area contributed by atoms with Crippen LogP contribution >= 0.6 is 12.4 Å². The lowest BCUT2D eigenvalue weighted by molar-refractivity contribution is 0.0213. The fourth-order valence-corrected chi connectivity index (χ4v) is 0.788. The van der Waals surface area contributed by atoms with E-state index in [2.05, 4.69) is 0 Å². The van der Waals surface area contributed by atoms with Gasteiger partial charge in [-0.2, -0.15) is 0 Å². The minimum Gasteiger partial charge on any atom is -0.380 e. The Bertz CT molecular complexity index is 67.4. The van der Waals surface area contributed by atoms with E-state index in [1.165, 1.54) is 0 Å². The number of halogens is 1. The van der Waals surface area contributed by atoms with Gasteiger partial charge in [0.05, 0.1) is 6.10 Å². The molecule has 0 heterocycles. The lowest BCUT2D eigenvalue weighted by Crippen LogP contribution is -2.45. The molecule has 0 aromatic carbocycles. The van der Waals surface area contributed by atoms with Crippen molar-refractivity contribution in [1.29, 1.82) is 0 Å². The van der Waals surface area contributed by atoms with Gasteiger partial charge in [0.25, 0.3) is 0 Å². The summed E-state index contributed by atoms with van der Waals surface area (Å²) in [6.07, 6.45) is 2.65. The number of ether oxygens (including phenoxy) is 1. The topological polar surface area (TPSA) is 35.2 Å². The van der Waals surface area contributed by atoms with Gasteiger partial charge in [0, 0.05) is 13.2 Å². The summed E-state index contributed by atoms with van der Waals surface area (Å²) >= 11 is 0. The van der Waals surface area contributed by atoms with Gasteiger partial charge in [0.2, 0.25) is 0 Å². The molecule has 0 radical (unpaired) electrons. The van der Waals surface area contributed by atoms with Crippen LogP contribution in [0.15, 0.2) is 0 Å². The Labute approximate surface area is 55.8 Å². The third-order valence-electron chi connectivity index (χ3n) is 1.56. The van der Waals surface area contributed by atoms with Gasteiger partial charge in [-0.3, -0.25) is 0 Å². The van der Waals surface area contributed by atoms with Crippen molar-refractivity contribution in [2.24, 2.45) is 5.73 Å². The van der Waals surface area contributed by atoms with Gasteiger partial charge >= 0.3 is 0 Å². The quantitative estimate of drug-likeness (QED) is 0.573. The normalized spacial score (nSPS) is 35.2. The molecule has 0 spiro atoms. The van der Waals surface area contributed by atoms with Gasteiger partial charge in [-0.05, 0) is 12.8 Å². The number of rotatable bonds is 1. The summed E-state index contributed by atoms with van der Waals surface area (Å²) in [5, 5.41) is 0. The second kappa shape index (κ2) is 3.28.